The molecule has 0 saturated heterocycles. The molecule has 2 aromatic heterocycles. The summed E-state index contributed by atoms with van der Waals surface area (Å²) >= 11 is 0.723. The zero-order valence-electron chi connectivity index (χ0n) is 9.68. The zero-order chi connectivity index (χ0) is 13.9. The van der Waals surface area contributed by atoms with Gasteiger partial charge in [-0.2, -0.15) is 5.10 Å². The van der Waals surface area contributed by atoms with E-state index in [4.69, 9.17) is 5.11 Å². The molecule has 0 unspecified atom stereocenters. The van der Waals surface area contributed by atoms with E-state index in [-0.39, 0.29) is 15.6 Å². The van der Waals surface area contributed by atoms with Crippen molar-refractivity contribution in [1.82, 2.24) is 14.5 Å². The van der Waals surface area contributed by atoms with Gasteiger partial charge in [0.25, 0.3) is 0 Å². The minimum Gasteiger partial charge on any atom is -0.477 e. The first-order valence-electron chi connectivity index (χ1n) is 5.29. The van der Waals surface area contributed by atoms with E-state index in [1.54, 1.807) is 23.1 Å². The van der Waals surface area contributed by atoms with Gasteiger partial charge in [0.1, 0.15) is 9.09 Å². The van der Waals surface area contributed by atoms with Gasteiger partial charge in [-0.05, 0) is 18.2 Å². The van der Waals surface area contributed by atoms with Gasteiger partial charge >= 0.3 is 5.97 Å². The number of hydrogen-bond acceptors (Lipinski definition) is 5. The summed E-state index contributed by atoms with van der Waals surface area (Å²) in [5.74, 6) is -1.14. The van der Waals surface area contributed by atoms with Crippen molar-refractivity contribution in [2.24, 2.45) is 0 Å². The molecule has 102 valence electrons. The Bertz CT molecular complexity index is 661. The van der Waals surface area contributed by atoms with Crippen molar-refractivity contribution in [3.8, 4) is 0 Å². The second-order valence-electron chi connectivity index (χ2n) is 3.59. The molecule has 0 amide bonds. The van der Waals surface area contributed by atoms with E-state index in [1.807, 2.05) is 0 Å². The summed E-state index contributed by atoms with van der Waals surface area (Å²) in [6, 6.07) is 4.30. The van der Waals surface area contributed by atoms with Crippen molar-refractivity contribution in [2.45, 2.75) is 10.8 Å². The Morgan fingerprint density at radius 3 is 2.84 bits per heavy atom. The summed E-state index contributed by atoms with van der Waals surface area (Å²) in [7, 11) is -3.66. The first-order valence-corrected chi connectivity index (χ1v) is 7.59. The summed E-state index contributed by atoms with van der Waals surface area (Å²) in [6.07, 6.45) is 3.33. The van der Waals surface area contributed by atoms with Crippen LogP contribution in [0.5, 0.6) is 0 Å². The van der Waals surface area contributed by atoms with Crippen LogP contribution in [0.15, 0.2) is 34.8 Å². The number of thiophene rings is 1. The van der Waals surface area contributed by atoms with Gasteiger partial charge in [0.05, 0.1) is 6.54 Å². The van der Waals surface area contributed by atoms with Gasteiger partial charge in [-0.3, -0.25) is 4.68 Å². The van der Waals surface area contributed by atoms with Crippen LogP contribution in [-0.2, 0) is 16.6 Å². The SMILES string of the molecule is O=C(O)c1ccc(S(=O)(=O)NCCn2cccn2)s1. The van der Waals surface area contributed by atoms with Crippen LogP contribution >= 0.6 is 11.3 Å². The molecule has 0 aliphatic carbocycles. The van der Waals surface area contributed by atoms with Gasteiger partial charge in [0.2, 0.25) is 10.0 Å². The van der Waals surface area contributed by atoms with Crippen molar-refractivity contribution in [1.29, 1.82) is 0 Å². The molecule has 0 saturated carbocycles. The molecule has 0 bridgehead atoms. The Hall–Kier alpha value is -1.71. The lowest BCUT2D eigenvalue weighted by Crippen LogP contribution is -2.26. The number of aromatic nitrogens is 2. The molecule has 9 heteroatoms. The molecule has 2 aromatic rings. The van der Waals surface area contributed by atoms with Crippen LogP contribution in [0.3, 0.4) is 0 Å². The van der Waals surface area contributed by atoms with Crippen LogP contribution in [0.25, 0.3) is 0 Å². The third-order valence-corrected chi connectivity index (χ3v) is 5.28. The number of carbonyl (C=O) groups is 1. The minimum absolute atomic E-state index is 0.00699. The maximum atomic E-state index is 11.9. The van der Waals surface area contributed by atoms with Gasteiger partial charge in [-0.1, -0.05) is 0 Å². The van der Waals surface area contributed by atoms with Crippen molar-refractivity contribution in [3.63, 3.8) is 0 Å². The van der Waals surface area contributed by atoms with Crippen LogP contribution in [0.4, 0.5) is 0 Å². The van der Waals surface area contributed by atoms with Crippen molar-refractivity contribution in [3.05, 3.63) is 35.5 Å². The largest absolute Gasteiger partial charge is 0.477 e. The highest BCUT2D eigenvalue weighted by Gasteiger charge is 2.18. The fourth-order valence-corrected chi connectivity index (χ4v) is 3.59. The first-order chi connectivity index (χ1) is 8.99. The fourth-order valence-electron chi connectivity index (χ4n) is 1.38. The second-order valence-corrected chi connectivity index (χ2v) is 6.67. The molecular weight excluding hydrogens is 290 g/mol. The molecule has 2 N–H and O–H groups in total. The van der Waals surface area contributed by atoms with E-state index in [0.717, 1.165) is 11.3 Å². The number of hydrogen-bond donors (Lipinski definition) is 2. The first kappa shape index (κ1) is 13.7. The van der Waals surface area contributed by atoms with Crippen LogP contribution in [0.2, 0.25) is 0 Å². The topological polar surface area (TPSA) is 101 Å². The highest BCUT2D eigenvalue weighted by Crippen LogP contribution is 2.21. The summed E-state index contributed by atoms with van der Waals surface area (Å²) in [4.78, 5) is 10.7. The van der Waals surface area contributed by atoms with Crippen LogP contribution < -0.4 is 4.72 Å². The van der Waals surface area contributed by atoms with Gasteiger partial charge in [-0.15, -0.1) is 11.3 Å². The van der Waals surface area contributed by atoms with E-state index in [1.165, 1.54) is 12.1 Å². The van der Waals surface area contributed by atoms with E-state index in [9.17, 15) is 13.2 Å². The van der Waals surface area contributed by atoms with Crippen molar-refractivity contribution >= 4 is 27.3 Å². The third-order valence-electron chi connectivity index (χ3n) is 2.25. The molecular formula is C10H11N3O4S2. The van der Waals surface area contributed by atoms with Crippen LogP contribution in [0.1, 0.15) is 9.67 Å². The molecule has 0 spiro atoms. The molecule has 0 radical (unpaired) electrons. The molecule has 0 atom stereocenters. The Kier molecular flexibility index (Phi) is 3.98. The smallest absolute Gasteiger partial charge is 0.345 e. The predicted octanol–water partition coefficient (Wildman–Crippen LogP) is 0.621. The molecule has 19 heavy (non-hydrogen) atoms. The highest BCUT2D eigenvalue weighted by molar-refractivity contribution is 7.91. The number of carboxylic acid groups (broad SMARTS) is 1. The van der Waals surface area contributed by atoms with E-state index in [2.05, 4.69) is 9.82 Å². The monoisotopic (exact) mass is 301 g/mol. The average Bonchev–Trinajstić information content (AvgIpc) is 2.99. The number of nitrogens with zero attached hydrogens (tertiary/aromatic N) is 2. The third kappa shape index (κ3) is 3.40. The Labute approximate surface area is 113 Å². The highest BCUT2D eigenvalue weighted by atomic mass is 32.2. The average molecular weight is 301 g/mol. The summed E-state index contributed by atoms with van der Waals surface area (Å²) in [5.41, 5.74) is 0. The zero-order valence-corrected chi connectivity index (χ0v) is 11.3. The van der Waals surface area contributed by atoms with Crippen LogP contribution in [0, 0.1) is 0 Å². The molecule has 0 aliphatic heterocycles. The Morgan fingerprint density at radius 2 is 2.26 bits per heavy atom. The molecule has 0 fully saturated rings. The second kappa shape index (κ2) is 5.51. The van der Waals surface area contributed by atoms with Gasteiger partial charge in [-0.25, -0.2) is 17.9 Å². The van der Waals surface area contributed by atoms with Crippen molar-refractivity contribution < 1.29 is 18.3 Å². The summed E-state index contributed by atoms with van der Waals surface area (Å²) < 4.78 is 27.7. The normalized spacial score (nSPS) is 11.6. The van der Waals surface area contributed by atoms with Gasteiger partial charge < -0.3 is 5.11 Å². The summed E-state index contributed by atoms with van der Waals surface area (Å²) in [5, 5.41) is 12.7. The summed E-state index contributed by atoms with van der Waals surface area (Å²) in [6.45, 7) is 0.591. The Morgan fingerprint density at radius 1 is 1.47 bits per heavy atom. The lowest BCUT2D eigenvalue weighted by Gasteiger charge is -2.04. The number of rotatable bonds is 6. The predicted molar refractivity (Wildman–Crippen MR) is 68.7 cm³/mol. The number of nitrogens with one attached hydrogen (secondary N) is 1. The van der Waals surface area contributed by atoms with E-state index >= 15 is 0 Å². The number of sulfonamides is 1. The maximum Gasteiger partial charge on any atom is 0.345 e. The maximum absolute atomic E-state index is 11.9. The molecule has 0 aliphatic rings. The van der Waals surface area contributed by atoms with Gasteiger partial charge in [0.15, 0.2) is 0 Å². The standard InChI is InChI=1S/C10H11N3O4S2/c14-10(15)8-2-3-9(18-8)19(16,17)12-5-7-13-6-1-4-11-13/h1-4,6,12H,5,7H2,(H,14,15). The molecule has 2 heterocycles. The lowest BCUT2D eigenvalue weighted by atomic mass is 10.5. The molecule has 7 nitrogen and oxygen atoms in total. The van der Waals surface area contributed by atoms with E-state index < -0.39 is 16.0 Å². The number of carboxylic acids is 1. The van der Waals surface area contributed by atoms with E-state index in [0.29, 0.717) is 6.54 Å². The number of aromatic carboxylic acids is 1. The van der Waals surface area contributed by atoms with Gasteiger partial charge in [0, 0.05) is 18.9 Å². The quantitative estimate of drug-likeness (QED) is 0.814. The Balaban J connectivity index is 1.99. The lowest BCUT2D eigenvalue weighted by molar-refractivity contribution is 0.0702. The van der Waals surface area contributed by atoms with Crippen LogP contribution in [-0.4, -0.2) is 35.8 Å². The fraction of sp³-hybridized carbons (Fsp3) is 0.200. The molecule has 0 aromatic carbocycles. The minimum atomic E-state index is -3.66. The molecule has 2 rings (SSSR count). The van der Waals surface area contributed by atoms with Crippen molar-refractivity contribution in [2.75, 3.05) is 6.54 Å².